The van der Waals surface area contributed by atoms with E-state index in [0.29, 0.717) is 13.2 Å². The van der Waals surface area contributed by atoms with Crippen LogP contribution in [0, 0.1) is 0 Å². The zero-order valence-electron chi connectivity index (χ0n) is 18.5. The summed E-state index contributed by atoms with van der Waals surface area (Å²) in [7, 11) is 0. The van der Waals surface area contributed by atoms with Gasteiger partial charge in [0.1, 0.15) is 11.5 Å². The number of azo groups is 1. The van der Waals surface area contributed by atoms with Crippen molar-refractivity contribution in [3.63, 3.8) is 0 Å². The van der Waals surface area contributed by atoms with Crippen molar-refractivity contribution in [2.24, 2.45) is 10.2 Å². The smallest absolute Gasteiger partial charge is 0.413 e. The average molecular weight is 439 g/mol. The highest BCUT2D eigenvalue weighted by molar-refractivity contribution is 6.20. The third kappa shape index (κ3) is 10.5. The minimum Gasteiger partial charge on any atom is -0.494 e. The van der Waals surface area contributed by atoms with Crippen molar-refractivity contribution in [3.8, 4) is 11.5 Å². The highest BCUT2D eigenvalue weighted by Gasteiger charge is 2.02. The molecule has 0 amide bonds. The monoisotopic (exact) mass is 438 g/mol. The standard InChI is InChI=1S/C24H30N4O4/c1-2-3-16-30-22-12-8-20(9-13-22)27-28-21-10-14-23(15-11-21)31-17-6-4-5-7-18-32-24(29)19-26-25/h8-15,19H,2-7,16-18H2,1H3/b28-27+. The number of hydrogen-bond donors (Lipinski definition) is 0. The highest BCUT2D eigenvalue weighted by Crippen LogP contribution is 2.23. The number of rotatable bonds is 15. The van der Waals surface area contributed by atoms with Crippen molar-refractivity contribution in [2.45, 2.75) is 45.4 Å². The third-order valence-electron chi connectivity index (χ3n) is 4.44. The molecule has 32 heavy (non-hydrogen) atoms. The molecule has 8 nitrogen and oxygen atoms in total. The largest absolute Gasteiger partial charge is 0.494 e. The molecule has 0 saturated carbocycles. The molecule has 0 bridgehead atoms. The fourth-order valence-corrected chi connectivity index (χ4v) is 2.67. The zero-order valence-corrected chi connectivity index (χ0v) is 18.5. The predicted octanol–water partition coefficient (Wildman–Crippen LogP) is 6.06. The predicted molar refractivity (Wildman–Crippen MR) is 122 cm³/mol. The molecule has 0 N–H and O–H groups in total. The molecule has 0 aliphatic carbocycles. The van der Waals surface area contributed by atoms with Crippen LogP contribution >= 0.6 is 0 Å². The Labute approximate surface area is 188 Å². The van der Waals surface area contributed by atoms with Crippen LogP contribution in [-0.4, -0.2) is 36.8 Å². The number of carbonyl (C=O) groups excluding carboxylic acids is 1. The number of ether oxygens (including phenoxy) is 3. The van der Waals surface area contributed by atoms with Gasteiger partial charge in [-0.2, -0.15) is 15.0 Å². The number of carbonyl (C=O) groups is 1. The summed E-state index contributed by atoms with van der Waals surface area (Å²) < 4.78 is 16.2. The van der Waals surface area contributed by atoms with E-state index in [-0.39, 0.29) is 0 Å². The maximum atomic E-state index is 11.0. The van der Waals surface area contributed by atoms with Gasteiger partial charge in [-0.05, 0) is 80.6 Å². The SMILES string of the molecule is CCCCOc1ccc(/N=N/c2ccc(OCCCCCCOC(=O)C=[N+]=[N-])cc2)cc1. The van der Waals surface area contributed by atoms with E-state index in [4.69, 9.17) is 19.7 Å². The first-order valence-corrected chi connectivity index (χ1v) is 10.9. The molecule has 0 spiro atoms. The van der Waals surface area contributed by atoms with E-state index < -0.39 is 5.97 Å². The Bertz CT molecular complexity index is 876. The number of unbranched alkanes of at least 4 members (excludes halogenated alkanes) is 4. The summed E-state index contributed by atoms with van der Waals surface area (Å²) in [5, 5.41) is 8.51. The number of esters is 1. The molecular weight excluding hydrogens is 408 g/mol. The van der Waals surface area contributed by atoms with Crippen LogP contribution in [0.3, 0.4) is 0 Å². The minimum absolute atomic E-state index is 0.318. The van der Waals surface area contributed by atoms with Gasteiger partial charge in [0, 0.05) is 0 Å². The van der Waals surface area contributed by atoms with Gasteiger partial charge in [0.15, 0.2) is 0 Å². The number of nitrogens with zero attached hydrogens (tertiary/aromatic N) is 4. The molecule has 0 atom stereocenters. The molecule has 170 valence electrons. The normalized spacial score (nSPS) is 10.5. The van der Waals surface area contributed by atoms with E-state index in [1.54, 1.807) is 0 Å². The Balaban J connectivity index is 1.62. The van der Waals surface area contributed by atoms with Crippen LogP contribution in [0.5, 0.6) is 11.5 Å². The van der Waals surface area contributed by atoms with Crippen LogP contribution in [0.1, 0.15) is 45.4 Å². The van der Waals surface area contributed by atoms with E-state index in [1.807, 2.05) is 48.5 Å². The maximum Gasteiger partial charge on any atom is 0.413 e. The molecule has 2 rings (SSSR count). The topological polar surface area (TPSA) is 106 Å². The Morgan fingerprint density at radius 2 is 1.31 bits per heavy atom. The first-order chi connectivity index (χ1) is 15.7. The lowest BCUT2D eigenvalue weighted by Gasteiger charge is -2.06. The van der Waals surface area contributed by atoms with Crippen LogP contribution in [0.4, 0.5) is 11.4 Å². The van der Waals surface area contributed by atoms with Crippen molar-refractivity contribution in [1.82, 2.24) is 0 Å². The second kappa shape index (κ2) is 15.3. The fourth-order valence-electron chi connectivity index (χ4n) is 2.67. The fraction of sp³-hybridized carbons (Fsp3) is 0.417. The summed E-state index contributed by atoms with van der Waals surface area (Å²) in [6, 6.07) is 15.1. The Morgan fingerprint density at radius 1 is 0.812 bits per heavy atom. The Kier molecular flexibility index (Phi) is 11.8. The Hall–Kier alpha value is -3.51. The van der Waals surface area contributed by atoms with Crippen molar-refractivity contribution >= 4 is 23.6 Å². The zero-order chi connectivity index (χ0) is 22.9. The first-order valence-electron chi connectivity index (χ1n) is 10.9. The average Bonchev–Trinajstić information content (AvgIpc) is 2.81. The van der Waals surface area contributed by atoms with Gasteiger partial charge in [-0.15, -0.1) is 0 Å². The molecule has 0 unspecified atom stereocenters. The van der Waals surface area contributed by atoms with E-state index in [1.165, 1.54) is 0 Å². The minimum atomic E-state index is -0.635. The maximum absolute atomic E-state index is 11.0. The van der Waals surface area contributed by atoms with Gasteiger partial charge in [0.2, 0.25) is 0 Å². The van der Waals surface area contributed by atoms with Crippen molar-refractivity contribution < 1.29 is 23.8 Å². The van der Waals surface area contributed by atoms with Crippen LogP contribution in [0.15, 0.2) is 58.8 Å². The third-order valence-corrected chi connectivity index (χ3v) is 4.44. The molecule has 0 aliphatic heterocycles. The van der Waals surface area contributed by atoms with Crippen molar-refractivity contribution in [1.29, 1.82) is 0 Å². The molecule has 2 aromatic rings. The summed E-state index contributed by atoms with van der Waals surface area (Å²) >= 11 is 0. The molecule has 0 aromatic heterocycles. The molecule has 8 heteroatoms. The van der Waals surface area contributed by atoms with Gasteiger partial charge in [-0.1, -0.05) is 13.3 Å². The lowest BCUT2D eigenvalue weighted by Crippen LogP contribution is -2.07. The van der Waals surface area contributed by atoms with E-state index in [2.05, 4.69) is 21.9 Å². The van der Waals surface area contributed by atoms with Crippen molar-refractivity contribution in [2.75, 3.05) is 19.8 Å². The molecule has 2 aromatic carbocycles. The second-order valence-electron chi connectivity index (χ2n) is 7.06. The molecule has 0 fully saturated rings. The van der Waals surface area contributed by atoms with Crippen LogP contribution < -0.4 is 9.47 Å². The molecule has 0 aliphatic rings. The van der Waals surface area contributed by atoms with Crippen molar-refractivity contribution in [3.05, 3.63) is 54.1 Å². The van der Waals surface area contributed by atoms with Crippen LogP contribution in [0.25, 0.3) is 5.53 Å². The van der Waals surface area contributed by atoms with Gasteiger partial charge in [-0.25, -0.2) is 4.79 Å². The second-order valence-corrected chi connectivity index (χ2v) is 7.06. The molecule has 0 saturated heterocycles. The van der Waals surface area contributed by atoms with Crippen LogP contribution in [0.2, 0.25) is 0 Å². The van der Waals surface area contributed by atoms with Gasteiger partial charge in [0.05, 0.1) is 31.2 Å². The summed E-state index contributed by atoms with van der Waals surface area (Å²) in [6.45, 7) is 3.80. The number of hydrogen-bond acceptors (Lipinski definition) is 6. The van der Waals surface area contributed by atoms with Crippen LogP contribution in [-0.2, 0) is 9.53 Å². The van der Waals surface area contributed by atoms with Gasteiger partial charge in [0.25, 0.3) is 0 Å². The lowest BCUT2D eigenvalue weighted by atomic mass is 10.2. The van der Waals surface area contributed by atoms with E-state index in [0.717, 1.165) is 74.2 Å². The van der Waals surface area contributed by atoms with Gasteiger partial charge >= 0.3 is 12.2 Å². The quantitative estimate of drug-likeness (QED) is 0.111. The van der Waals surface area contributed by atoms with E-state index in [9.17, 15) is 4.79 Å². The number of benzene rings is 2. The van der Waals surface area contributed by atoms with Gasteiger partial charge in [-0.3, -0.25) is 0 Å². The van der Waals surface area contributed by atoms with E-state index >= 15 is 0 Å². The molecule has 0 radical (unpaired) electrons. The molecule has 0 heterocycles. The van der Waals surface area contributed by atoms with Gasteiger partial charge < -0.3 is 19.7 Å². The molecular formula is C24H30N4O4. The summed E-state index contributed by atoms with van der Waals surface area (Å²) in [4.78, 5) is 13.6. The highest BCUT2D eigenvalue weighted by atomic mass is 16.5. The Morgan fingerprint density at radius 3 is 1.81 bits per heavy atom. The summed E-state index contributed by atoms with van der Waals surface area (Å²) in [5.41, 5.74) is 9.72. The lowest BCUT2D eigenvalue weighted by molar-refractivity contribution is -0.139. The summed E-state index contributed by atoms with van der Waals surface area (Å²) in [5.74, 6) is 0.995. The first kappa shape index (κ1) is 24.8. The summed E-state index contributed by atoms with van der Waals surface area (Å²) in [6.07, 6.45) is 6.47.